The zero-order valence-electron chi connectivity index (χ0n) is 14.6. The van der Waals surface area contributed by atoms with E-state index in [0.29, 0.717) is 23.9 Å². The predicted octanol–water partition coefficient (Wildman–Crippen LogP) is 2.25. The number of nitrogens with zero attached hydrogens (tertiary/aromatic N) is 3. The van der Waals surface area contributed by atoms with E-state index in [1.165, 1.54) is 0 Å². The van der Waals surface area contributed by atoms with Gasteiger partial charge in [-0.25, -0.2) is 4.98 Å². The molecule has 3 aromatic rings. The standard InChI is InChI=1S/C20H17N5O2/c1-27-15-7-4-13(5-8-15)12-22-20-24-18(19(26)25-20)11-14-6-9-16-17(23-14)3-2-10-21-16/h2-11H,12H2,1H3,(H2,22,24,25,26)/b18-11-. The van der Waals surface area contributed by atoms with E-state index in [4.69, 9.17) is 4.74 Å². The topological polar surface area (TPSA) is 88.5 Å². The van der Waals surface area contributed by atoms with Crippen molar-refractivity contribution in [3.8, 4) is 5.75 Å². The molecule has 2 N–H and O–H groups in total. The Morgan fingerprint density at radius 2 is 1.96 bits per heavy atom. The molecule has 0 unspecified atom stereocenters. The smallest absolute Gasteiger partial charge is 0.296 e. The first-order valence-electron chi connectivity index (χ1n) is 8.41. The third kappa shape index (κ3) is 3.77. The number of methoxy groups -OCH3 is 1. The van der Waals surface area contributed by atoms with E-state index in [1.807, 2.05) is 48.5 Å². The lowest BCUT2D eigenvalue weighted by Gasteiger charge is -2.07. The van der Waals surface area contributed by atoms with Gasteiger partial charge < -0.3 is 15.4 Å². The van der Waals surface area contributed by atoms with Crippen LogP contribution in [0, 0.1) is 0 Å². The Morgan fingerprint density at radius 1 is 1.11 bits per heavy atom. The molecule has 27 heavy (non-hydrogen) atoms. The summed E-state index contributed by atoms with van der Waals surface area (Å²) in [6.45, 7) is 0.538. The number of hydrogen-bond donors (Lipinski definition) is 2. The fourth-order valence-electron chi connectivity index (χ4n) is 2.68. The summed E-state index contributed by atoms with van der Waals surface area (Å²) in [5.41, 5.74) is 3.68. The molecule has 134 valence electrons. The zero-order valence-corrected chi connectivity index (χ0v) is 14.6. The van der Waals surface area contributed by atoms with Crippen molar-refractivity contribution in [2.75, 3.05) is 7.11 Å². The van der Waals surface area contributed by atoms with Crippen LogP contribution >= 0.6 is 0 Å². The lowest BCUT2D eigenvalue weighted by Crippen LogP contribution is -2.32. The van der Waals surface area contributed by atoms with E-state index in [-0.39, 0.29) is 5.91 Å². The average Bonchev–Trinajstić information content (AvgIpc) is 3.06. The number of aromatic nitrogens is 2. The van der Waals surface area contributed by atoms with Crippen molar-refractivity contribution in [2.45, 2.75) is 6.54 Å². The molecule has 0 radical (unpaired) electrons. The monoisotopic (exact) mass is 359 g/mol. The molecule has 0 atom stereocenters. The maximum atomic E-state index is 12.1. The van der Waals surface area contributed by atoms with Crippen LogP contribution in [0.25, 0.3) is 17.1 Å². The van der Waals surface area contributed by atoms with Crippen molar-refractivity contribution in [3.63, 3.8) is 0 Å². The summed E-state index contributed by atoms with van der Waals surface area (Å²) in [5.74, 6) is 0.887. The highest BCUT2D eigenvalue weighted by atomic mass is 16.5. The Kier molecular flexibility index (Phi) is 4.49. The van der Waals surface area contributed by atoms with Crippen molar-refractivity contribution in [1.82, 2.24) is 20.6 Å². The second-order valence-corrected chi connectivity index (χ2v) is 5.93. The van der Waals surface area contributed by atoms with E-state index >= 15 is 0 Å². The molecule has 1 amide bonds. The molecule has 4 rings (SSSR count). The van der Waals surface area contributed by atoms with Crippen molar-refractivity contribution >= 4 is 29.0 Å². The summed E-state index contributed by atoms with van der Waals surface area (Å²) in [7, 11) is 1.63. The minimum Gasteiger partial charge on any atom is -0.497 e. The first-order chi connectivity index (χ1) is 13.2. The van der Waals surface area contributed by atoms with E-state index in [0.717, 1.165) is 22.3 Å². The largest absolute Gasteiger partial charge is 0.497 e. The van der Waals surface area contributed by atoms with Crippen LogP contribution in [0.3, 0.4) is 0 Å². The SMILES string of the molecule is COc1ccc(CNC2=NC(=O)/C(=C/c3ccc4ncccc4n3)N2)cc1. The molecule has 3 heterocycles. The van der Waals surface area contributed by atoms with Crippen LogP contribution in [0.2, 0.25) is 0 Å². The lowest BCUT2D eigenvalue weighted by atomic mass is 10.2. The Morgan fingerprint density at radius 3 is 2.78 bits per heavy atom. The quantitative estimate of drug-likeness (QED) is 0.695. The van der Waals surface area contributed by atoms with Gasteiger partial charge in [0.2, 0.25) is 5.96 Å². The van der Waals surface area contributed by atoms with Crippen LogP contribution < -0.4 is 15.4 Å². The molecule has 0 fully saturated rings. The number of rotatable bonds is 4. The Balaban J connectivity index is 1.43. The van der Waals surface area contributed by atoms with Crippen molar-refractivity contribution in [1.29, 1.82) is 0 Å². The van der Waals surface area contributed by atoms with Gasteiger partial charge in [-0.2, -0.15) is 4.99 Å². The zero-order chi connectivity index (χ0) is 18.6. The number of ether oxygens (including phenoxy) is 1. The predicted molar refractivity (Wildman–Crippen MR) is 103 cm³/mol. The first kappa shape index (κ1) is 16.7. The number of fused-ring (bicyclic) bond motifs is 1. The van der Waals surface area contributed by atoms with Crippen LogP contribution in [0.5, 0.6) is 5.75 Å². The third-order valence-electron chi connectivity index (χ3n) is 4.09. The van der Waals surface area contributed by atoms with Crippen LogP contribution in [-0.4, -0.2) is 28.9 Å². The summed E-state index contributed by atoms with van der Waals surface area (Å²) in [4.78, 5) is 24.9. The lowest BCUT2D eigenvalue weighted by molar-refractivity contribution is -0.114. The molecule has 0 saturated carbocycles. The molecule has 7 nitrogen and oxygen atoms in total. The van der Waals surface area contributed by atoms with Crippen molar-refractivity contribution in [3.05, 3.63) is 71.7 Å². The highest BCUT2D eigenvalue weighted by Gasteiger charge is 2.19. The number of benzene rings is 1. The Hall–Kier alpha value is -3.74. The molecule has 0 bridgehead atoms. The Labute approximate surface area is 155 Å². The summed E-state index contributed by atoms with van der Waals surface area (Å²) in [6.07, 6.45) is 3.40. The fourth-order valence-corrected chi connectivity index (χ4v) is 2.68. The van der Waals surface area contributed by atoms with Gasteiger partial charge in [0.1, 0.15) is 11.4 Å². The van der Waals surface area contributed by atoms with Crippen LogP contribution in [0.4, 0.5) is 0 Å². The van der Waals surface area contributed by atoms with Crippen LogP contribution in [0.1, 0.15) is 11.3 Å². The van der Waals surface area contributed by atoms with E-state index in [1.54, 1.807) is 19.4 Å². The second-order valence-electron chi connectivity index (χ2n) is 5.93. The summed E-state index contributed by atoms with van der Waals surface area (Å²) in [5, 5.41) is 6.12. The van der Waals surface area contributed by atoms with Gasteiger partial charge in [-0.05, 0) is 48.0 Å². The summed E-state index contributed by atoms with van der Waals surface area (Å²) < 4.78 is 5.14. The molecular formula is C20H17N5O2. The summed E-state index contributed by atoms with van der Waals surface area (Å²) in [6, 6.07) is 15.1. The minimum absolute atomic E-state index is 0.333. The van der Waals surface area contributed by atoms with Crippen molar-refractivity contribution in [2.24, 2.45) is 4.99 Å². The van der Waals surface area contributed by atoms with Gasteiger partial charge in [-0.3, -0.25) is 9.78 Å². The maximum Gasteiger partial charge on any atom is 0.296 e. The number of hydrogen-bond acceptors (Lipinski definition) is 6. The molecule has 0 aliphatic carbocycles. The molecule has 1 aliphatic rings. The number of aliphatic imine (C=N–C) groups is 1. The first-order valence-corrected chi connectivity index (χ1v) is 8.41. The van der Waals surface area contributed by atoms with Gasteiger partial charge in [0, 0.05) is 12.7 Å². The van der Waals surface area contributed by atoms with E-state index < -0.39 is 0 Å². The third-order valence-corrected chi connectivity index (χ3v) is 4.09. The summed E-state index contributed by atoms with van der Waals surface area (Å²) >= 11 is 0. The second kappa shape index (κ2) is 7.25. The highest BCUT2D eigenvalue weighted by Crippen LogP contribution is 2.14. The Bertz CT molecular complexity index is 1060. The number of carbonyl (C=O) groups is 1. The van der Waals surface area contributed by atoms with Gasteiger partial charge in [0.05, 0.1) is 23.8 Å². The normalized spacial score (nSPS) is 14.9. The fraction of sp³-hybridized carbons (Fsp3) is 0.100. The molecule has 7 heteroatoms. The van der Waals surface area contributed by atoms with E-state index in [9.17, 15) is 4.79 Å². The van der Waals surface area contributed by atoms with E-state index in [2.05, 4.69) is 25.6 Å². The van der Waals surface area contributed by atoms with Gasteiger partial charge in [-0.15, -0.1) is 0 Å². The number of guanidine groups is 1. The van der Waals surface area contributed by atoms with Gasteiger partial charge in [-0.1, -0.05) is 12.1 Å². The molecular weight excluding hydrogens is 342 g/mol. The van der Waals surface area contributed by atoms with Crippen LogP contribution in [-0.2, 0) is 11.3 Å². The number of carbonyl (C=O) groups excluding carboxylic acids is 1. The molecule has 0 spiro atoms. The number of nitrogens with one attached hydrogen (secondary N) is 2. The van der Waals surface area contributed by atoms with Crippen molar-refractivity contribution < 1.29 is 9.53 Å². The van der Waals surface area contributed by atoms with Gasteiger partial charge in [0.15, 0.2) is 0 Å². The molecule has 1 aliphatic heterocycles. The number of pyridine rings is 2. The molecule has 1 aromatic carbocycles. The minimum atomic E-state index is -0.333. The highest BCUT2D eigenvalue weighted by molar-refractivity contribution is 6.12. The molecule has 0 saturated heterocycles. The maximum absolute atomic E-state index is 12.1. The van der Waals surface area contributed by atoms with Gasteiger partial charge in [0.25, 0.3) is 5.91 Å². The average molecular weight is 359 g/mol. The van der Waals surface area contributed by atoms with Crippen LogP contribution in [0.15, 0.2) is 65.4 Å². The van der Waals surface area contributed by atoms with Gasteiger partial charge >= 0.3 is 0 Å². The molecule has 2 aromatic heterocycles. The number of amides is 1.